The van der Waals surface area contributed by atoms with Crippen molar-refractivity contribution in [2.75, 3.05) is 42.8 Å². The fraction of sp³-hybridized carbons (Fsp3) is 0.522. The quantitative estimate of drug-likeness (QED) is 0.537. The number of aliphatic hydroxyl groups is 1. The number of carbonyl (C=O) groups is 1. The monoisotopic (exact) mass is 489 g/mol. The Balaban J connectivity index is 1.71. The minimum absolute atomic E-state index is 0.0803. The van der Waals surface area contributed by atoms with E-state index < -0.39 is 20.6 Å². The van der Waals surface area contributed by atoms with Crippen molar-refractivity contribution in [2.45, 2.75) is 43.5 Å². The second-order valence-corrected chi connectivity index (χ2v) is 11.4. The fourth-order valence-electron chi connectivity index (χ4n) is 4.36. The standard InChI is InChI=1S/C23H31N5O5S/c1-15-13-33-14-16(2)28(15)20-12-19(23(8-9-23)34(3,31)32)26-21(27-20)17-4-6-18(7-5-17)25-22(30)24-10-11-29/h4-7,12,15-16,29H,8-11,13-14H2,1-3H3,(H2,24,25,30). The lowest BCUT2D eigenvalue weighted by atomic mass is 10.1. The van der Waals surface area contributed by atoms with Gasteiger partial charge in [0, 0.05) is 30.1 Å². The fourth-order valence-corrected chi connectivity index (χ4v) is 5.69. The molecule has 0 bridgehead atoms. The van der Waals surface area contributed by atoms with Crippen molar-refractivity contribution in [3.8, 4) is 11.4 Å². The highest BCUT2D eigenvalue weighted by Crippen LogP contribution is 2.52. The Morgan fingerprint density at radius 2 is 1.82 bits per heavy atom. The Morgan fingerprint density at radius 3 is 2.38 bits per heavy atom. The van der Waals surface area contributed by atoms with Crippen molar-refractivity contribution in [1.82, 2.24) is 15.3 Å². The molecule has 184 valence electrons. The van der Waals surface area contributed by atoms with Gasteiger partial charge >= 0.3 is 6.03 Å². The van der Waals surface area contributed by atoms with Gasteiger partial charge in [0.15, 0.2) is 15.7 Å². The summed E-state index contributed by atoms with van der Waals surface area (Å²) in [6.07, 6.45) is 2.35. The van der Waals surface area contributed by atoms with E-state index in [1.165, 1.54) is 6.26 Å². The third-order valence-corrected chi connectivity index (χ3v) is 8.36. The van der Waals surface area contributed by atoms with Crippen LogP contribution in [-0.4, -0.2) is 74.2 Å². The molecule has 1 saturated carbocycles. The molecule has 10 nitrogen and oxygen atoms in total. The summed E-state index contributed by atoms with van der Waals surface area (Å²) in [6, 6.07) is 8.60. The van der Waals surface area contributed by atoms with Crippen LogP contribution in [0.2, 0.25) is 0 Å². The zero-order valence-electron chi connectivity index (χ0n) is 19.6. The lowest BCUT2D eigenvalue weighted by Gasteiger charge is -2.40. The third kappa shape index (κ3) is 4.86. The summed E-state index contributed by atoms with van der Waals surface area (Å²) in [5, 5.41) is 14.0. The second kappa shape index (κ2) is 9.47. The van der Waals surface area contributed by atoms with Crippen molar-refractivity contribution in [1.29, 1.82) is 0 Å². The van der Waals surface area contributed by atoms with Crippen LogP contribution in [0.3, 0.4) is 0 Å². The molecule has 1 aliphatic carbocycles. The van der Waals surface area contributed by atoms with Crippen LogP contribution in [0.1, 0.15) is 32.4 Å². The number of anilines is 2. The smallest absolute Gasteiger partial charge is 0.319 e. The molecule has 2 amide bonds. The predicted octanol–water partition coefficient (Wildman–Crippen LogP) is 1.90. The van der Waals surface area contributed by atoms with Crippen LogP contribution in [0.15, 0.2) is 30.3 Å². The molecule has 0 spiro atoms. The van der Waals surface area contributed by atoms with Gasteiger partial charge in [-0.1, -0.05) is 0 Å². The molecule has 3 N–H and O–H groups in total. The van der Waals surface area contributed by atoms with Crippen LogP contribution in [0.25, 0.3) is 11.4 Å². The highest BCUT2D eigenvalue weighted by Gasteiger charge is 2.55. The summed E-state index contributed by atoms with van der Waals surface area (Å²) < 4.78 is 30.0. The number of hydrogen-bond donors (Lipinski definition) is 3. The van der Waals surface area contributed by atoms with Crippen LogP contribution in [0, 0.1) is 0 Å². The minimum Gasteiger partial charge on any atom is -0.395 e. The van der Waals surface area contributed by atoms with Gasteiger partial charge in [0.25, 0.3) is 0 Å². The molecule has 1 saturated heterocycles. The van der Waals surface area contributed by atoms with E-state index in [4.69, 9.17) is 19.8 Å². The maximum Gasteiger partial charge on any atom is 0.319 e. The zero-order chi connectivity index (χ0) is 24.5. The molecule has 1 aromatic carbocycles. The lowest BCUT2D eigenvalue weighted by Crippen LogP contribution is -2.50. The van der Waals surface area contributed by atoms with Crippen LogP contribution in [-0.2, 0) is 19.3 Å². The highest BCUT2D eigenvalue weighted by molar-refractivity contribution is 7.91. The predicted molar refractivity (Wildman–Crippen MR) is 130 cm³/mol. The van der Waals surface area contributed by atoms with Gasteiger partial charge < -0.3 is 25.4 Å². The molecule has 4 rings (SSSR count). The second-order valence-electron chi connectivity index (χ2n) is 9.03. The van der Waals surface area contributed by atoms with Crippen LogP contribution < -0.4 is 15.5 Å². The molecule has 11 heteroatoms. The van der Waals surface area contributed by atoms with Gasteiger partial charge in [0.2, 0.25) is 0 Å². The molecular formula is C23H31N5O5S. The maximum atomic E-state index is 12.6. The Morgan fingerprint density at radius 1 is 1.18 bits per heavy atom. The summed E-state index contributed by atoms with van der Waals surface area (Å²) >= 11 is 0. The third-order valence-electron chi connectivity index (χ3n) is 6.32. The number of aliphatic hydroxyl groups excluding tert-OH is 1. The Kier molecular flexibility index (Phi) is 6.79. The van der Waals surface area contributed by atoms with E-state index in [-0.39, 0.29) is 25.2 Å². The summed E-state index contributed by atoms with van der Waals surface area (Å²) in [4.78, 5) is 23.5. The number of urea groups is 1. The number of benzene rings is 1. The van der Waals surface area contributed by atoms with E-state index >= 15 is 0 Å². The summed E-state index contributed by atoms with van der Waals surface area (Å²) in [7, 11) is -3.35. The Hall–Kier alpha value is -2.76. The van der Waals surface area contributed by atoms with E-state index in [1.54, 1.807) is 24.3 Å². The van der Waals surface area contributed by atoms with Gasteiger partial charge in [-0.3, -0.25) is 0 Å². The Labute approximate surface area is 199 Å². The molecular weight excluding hydrogens is 458 g/mol. The van der Waals surface area contributed by atoms with Gasteiger partial charge in [-0.05, 0) is 51.0 Å². The summed E-state index contributed by atoms with van der Waals surface area (Å²) in [5.41, 5.74) is 1.80. The van der Waals surface area contributed by atoms with Crippen molar-refractivity contribution >= 4 is 27.4 Å². The normalized spacial score (nSPS) is 21.7. The minimum atomic E-state index is -3.35. The Bertz CT molecular complexity index is 1140. The van der Waals surface area contributed by atoms with Gasteiger partial charge in [0.1, 0.15) is 10.6 Å². The van der Waals surface area contributed by atoms with Gasteiger partial charge in [-0.2, -0.15) is 0 Å². The summed E-state index contributed by atoms with van der Waals surface area (Å²) in [6.45, 7) is 5.27. The van der Waals surface area contributed by atoms with E-state index in [1.807, 2.05) is 6.07 Å². The van der Waals surface area contributed by atoms with E-state index in [0.29, 0.717) is 54.6 Å². The number of hydrogen-bond acceptors (Lipinski definition) is 8. The van der Waals surface area contributed by atoms with Crippen molar-refractivity contribution in [3.63, 3.8) is 0 Å². The number of ether oxygens (including phenoxy) is 1. The van der Waals surface area contributed by atoms with E-state index in [2.05, 4.69) is 29.4 Å². The number of aromatic nitrogens is 2. The number of sulfone groups is 1. The topological polar surface area (TPSA) is 134 Å². The first-order chi connectivity index (χ1) is 16.1. The SMILES string of the molecule is CC1COCC(C)N1c1cc(C2(S(C)(=O)=O)CC2)nc(-c2ccc(NC(=O)NCCO)cc2)n1. The molecule has 34 heavy (non-hydrogen) atoms. The number of amides is 2. The molecule has 1 aromatic heterocycles. The molecule has 1 aliphatic heterocycles. The zero-order valence-corrected chi connectivity index (χ0v) is 20.4. The van der Waals surface area contributed by atoms with Crippen LogP contribution in [0.5, 0.6) is 0 Å². The number of nitrogens with one attached hydrogen (secondary N) is 2. The molecule has 2 aromatic rings. The first kappa shape index (κ1) is 24.4. The number of nitrogens with zero attached hydrogens (tertiary/aromatic N) is 3. The summed E-state index contributed by atoms with van der Waals surface area (Å²) in [5.74, 6) is 1.12. The number of rotatable bonds is 7. The average Bonchev–Trinajstić information content (AvgIpc) is 3.60. The highest BCUT2D eigenvalue weighted by atomic mass is 32.2. The van der Waals surface area contributed by atoms with Gasteiger partial charge in [-0.25, -0.2) is 23.2 Å². The number of morpholine rings is 1. The molecule has 2 heterocycles. The number of carbonyl (C=O) groups excluding carboxylic acids is 1. The average molecular weight is 490 g/mol. The largest absolute Gasteiger partial charge is 0.395 e. The maximum absolute atomic E-state index is 12.6. The van der Waals surface area contributed by atoms with Gasteiger partial charge in [0.05, 0.1) is 37.6 Å². The van der Waals surface area contributed by atoms with E-state index in [9.17, 15) is 13.2 Å². The molecule has 2 aliphatic rings. The van der Waals surface area contributed by atoms with Crippen molar-refractivity contribution in [2.24, 2.45) is 0 Å². The van der Waals surface area contributed by atoms with Crippen molar-refractivity contribution in [3.05, 3.63) is 36.0 Å². The first-order valence-electron chi connectivity index (χ1n) is 11.4. The van der Waals surface area contributed by atoms with Crippen LogP contribution >= 0.6 is 0 Å². The van der Waals surface area contributed by atoms with Gasteiger partial charge in [-0.15, -0.1) is 0 Å². The van der Waals surface area contributed by atoms with Crippen molar-refractivity contribution < 1.29 is 23.1 Å². The van der Waals surface area contributed by atoms with Crippen LogP contribution in [0.4, 0.5) is 16.3 Å². The molecule has 2 atom stereocenters. The van der Waals surface area contributed by atoms with E-state index in [0.717, 1.165) is 0 Å². The first-order valence-corrected chi connectivity index (χ1v) is 13.2. The molecule has 0 radical (unpaired) electrons. The molecule has 2 unspecified atom stereocenters. The molecule has 2 fully saturated rings. The lowest BCUT2D eigenvalue weighted by molar-refractivity contribution is 0.0752.